The van der Waals surface area contributed by atoms with Crippen molar-refractivity contribution < 1.29 is 4.79 Å². The lowest BCUT2D eigenvalue weighted by molar-refractivity contribution is -0.140. The summed E-state index contributed by atoms with van der Waals surface area (Å²) in [5.74, 6) is 5.23. The summed E-state index contributed by atoms with van der Waals surface area (Å²) in [4.78, 5) is 15.9. The van der Waals surface area contributed by atoms with E-state index in [4.69, 9.17) is 0 Å². The maximum absolute atomic E-state index is 13.4. The van der Waals surface area contributed by atoms with Gasteiger partial charge in [0.1, 0.15) is 0 Å². The lowest BCUT2D eigenvalue weighted by Gasteiger charge is -2.55. The Labute approximate surface area is 167 Å². The Bertz CT molecular complexity index is 690. The first-order valence-electron chi connectivity index (χ1n) is 10.8. The van der Waals surface area contributed by atoms with Crippen molar-refractivity contribution >= 4 is 23.4 Å². The van der Waals surface area contributed by atoms with Crippen molar-refractivity contribution in [3.8, 4) is 0 Å². The monoisotopic (exact) mass is 384 g/mol. The number of carbonyl (C=O) groups is 1. The van der Waals surface area contributed by atoms with E-state index in [-0.39, 0.29) is 5.41 Å². The summed E-state index contributed by atoms with van der Waals surface area (Å²) >= 11 is 2.05. The van der Waals surface area contributed by atoms with Gasteiger partial charge in [0, 0.05) is 36.8 Å². The Hall–Kier alpha value is -1.00. The van der Waals surface area contributed by atoms with Gasteiger partial charge < -0.3 is 5.32 Å². The van der Waals surface area contributed by atoms with Crippen molar-refractivity contribution in [3.63, 3.8) is 0 Å². The van der Waals surface area contributed by atoms with Crippen LogP contribution in [0, 0.1) is 30.1 Å². The van der Waals surface area contributed by atoms with Gasteiger partial charge in [-0.2, -0.15) is 11.8 Å². The summed E-state index contributed by atoms with van der Waals surface area (Å²) in [7, 11) is 0. The van der Waals surface area contributed by atoms with Crippen LogP contribution < -0.4 is 5.32 Å². The summed E-state index contributed by atoms with van der Waals surface area (Å²) in [6.45, 7) is 5.47. The standard InChI is InChI=1S/C23H32N2OS/c1-16-2-3-17(15-25-4-6-27-7-5-25)11-21(16)24-22(26)23-12-18-8-19(13-23)10-20(9-18)14-23/h2-3,11,18-20H,4-10,12-15H2,1H3,(H,24,26). The largest absolute Gasteiger partial charge is 0.325 e. The molecule has 4 aliphatic carbocycles. The second kappa shape index (κ2) is 7.11. The molecule has 0 aromatic heterocycles. The molecule has 5 fully saturated rings. The predicted octanol–water partition coefficient (Wildman–Crippen LogP) is 4.70. The van der Waals surface area contributed by atoms with Crippen molar-refractivity contribution in [2.45, 2.75) is 52.0 Å². The molecular weight excluding hydrogens is 352 g/mol. The molecule has 1 amide bonds. The highest BCUT2D eigenvalue weighted by Crippen LogP contribution is 2.60. The van der Waals surface area contributed by atoms with Crippen LogP contribution in [0.3, 0.4) is 0 Å². The Kier molecular flexibility index (Phi) is 4.76. The highest BCUT2D eigenvalue weighted by atomic mass is 32.2. The number of anilines is 1. The van der Waals surface area contributed by atoms with E-state index in [1.54, 1.807) is 0 Å². The first-order chi connectivity index (χ1) is 13.1. The highest BCUT2D eigenvalue weighted by Gasteiger charge is 2.54. The summed E-state index contributed by atoms with van der Waals surface area (Å²) in [6.07, 6.45) is 7.55. The van der Waals surface area contributed by atoms with E-state index in [1.807, 2.05) is 0 Å². The molecule has 0 spiro atoms. The van der Waals surface area contributed by atoms with Gasteiger partial charge in [-0.3, -0.25) is 9.69 Å². The Morgan fingerprint density at radius 3 is 2.37 bits per heavy atom. The van der Waals surface area contributed by atoms with Crippen molar-refractivity contribution in [2.75, 3.05) is 29.9 Å². The maximum atomic E-state index is 13.4. The molecule has 0 atom stereocenters. The molecule has 1 aliphatic heterocycles. The number of nitrogens with zero attached hydrogens (tertiary/aromatic N) is 1. The fourth-order valence-electron chi connectivity index (χ4n) is 6.56. The van der Waals surface area contributed by atoms with Crippen LogP contribution in [0.2, 0.25) is 0 Å². The van der Waals surface area contributed by atoms with Gasteiger partial charge in [0.05, 0.1) is 5.41 Å². The molecule has 1 N–H and O–H groups in total. The molecule has 146 valence electrons. The Balaban J connectivity index is 1.31. The smallest absolute Gasteiger partial charge is 0.230 e. The van der Waals surface area contributed by atoms with Gasteiger partial charge in [-0.25, -0.2) is 0 Å². The molecule has 4 bridgehead atoms. The summed E-state index contributed by atoms with van der Waals surface area (Å²) in [6, 6.07) is 6.65. The zero-order valence-electron chi connectivity index (χ0n) is 16.5. The minimum Gasteiger partial charge on any atom is -0.325 e. The number of rotatable bonds is 4. The third-order valence-corrected chi connectivity index (χ3v) is 8.52. The Morgan fingerprint density at radius 2 is 1.74 bits per heavy atom. The molecule has 0 unspecified atom stereocenters. The zero-order chi connectivity index (χ0) is 18.4. The first-order valence-corrected chi connectivity index (χ1v) is 12.0. The van der Waals surface area contributed by atoms with E-state index in [0.717, 1.165) is 49.2 Å². The number of thioether (sulfide) groups is 1. The van der Waals surface area contributed by atoms with Crippen LogP contribution in [0.15, 0.2) is 18.2 Å². The lowest BCUT2D eigenvalue weighted by atomic mass is 9.49. The number of hydrogen-bond donors (Lipinski definition) is 1. The fraction of sp³-hybridized carbons (Fsp3) is 0.696. The average molecular weight is 385 g/mol. The van der Waals surface area contributed by atoms with E-state index >= 15 is 0 Å². The number of nitrogens with one attached hydrogen (secondary N) is 1. The van der Waals surface area contributed by atoms with E-state index in [0.29, 0.717) is 5.91 Å². The number of amides is 1. The van der Waals surface area contributed by atoms with E-state index in [9.17, 15) is 4.79 Å². The average Bonchev–Trinajstić information content (AvgIpc) is 2.64. The van der Waals surface area contributed by atoms with Crippen molar-refractivity contribution in [1.29, 1.82) is 0 Å². The first kappa shape index (κ1) is 18.1. The van der Waals surface area contributed by atoms with Crippen LogP contribution in [0.5, 0.6) is 0 Å². The van der Waals surface area contributed by atoms with Gasteiger partial charge >= 0.3 is 0 Å². The molecule has 27 heavy (non-hydrogen) atoms. The van der Waals surface area contributed by atoms with Crippen molar-refractivity contribution in [1.82, 2.24) is 4.90 Å². The van der Waals surface area contributed by atoms with Gasteiger partial charge in [-0.15, -0.1) is 0 Å². The molecule has 4 heteroatoms. The quantitative estimate of drug-likeness (QED) is 0.817. The lowest BCUT2D eigenvalue weighted by Crippen LogP contribution is -2.51. The number of benzene rings is 1. The van der Waals surface area contributed by atoms with Gasteiger partial charge in [-0.05, 0) is 80.4 Å². The van der Waals surface area contributed by atoms with Crippen LogP contribution in [0.1, 0.15) is 49.7 Å². The summed E-state index contributed by atoms with van der Waals surface area (Å²) < 4.78 is 0. The number of aryl methyl sites for hydroxylation is 1. The normalized spacial score (nSPS) is 35.4. The van der Waals surface area contributed by atoms with Crippen LogP contribution in [-0.2, 0) is 11.3 Å². The third-order valence-electron chi connectivity index (χ3n) is 7.58. The second-order valence-corrected chi connectivity index (χ2v) is 10.9. The minimum absolute atomic E-state index is 0.0682. The van der Waals surface area contributed by atoms with E-state index in [2.05, 4.69) is 47.1 Å². The van der Waals surface area contributed by atoms with E-state index in [1.165, 1.54) is 55.0 Å². The van der Waals surface area contributed by atoms with E-state index < -0.39 is 0 Å². The van der Waals surface area contributed by atoms with Crippen molar-refractivity contribution in [2.24, 2.45) is 23.2 Å². The maximum Gasteiger partial charge on any atom is 0.230 e. The SMILES string of the molecule is Cc1ccc(CN2CCSCC2)cc1NC(=O)C12CC3CC(CC(C3)C1)C2. The number of hydrogen-bond acceptors (Lipinski definition) is 3. The van der Waals surface area contributed by atoms with Crippen LogP contribution >= 0.6 is 11.8 Å². The van der Waals surface area contributed by atoms with Gasteiger partial charge in [-0.1, -0.05) is 12.1 Å². The zero-order valence-corrected chi connectivity index (χ0v) is 17.3. The fourth-order valence-corrected chi connectivity index (χ4v) is 7.54. The topological polar surface area (TPSA) is 32.3 Å². The molecule has 1 aromatic rings. The van der Waals surface area contributed by atoms with Gasteiger partial charge in [0.25, 0.3) is 0 Å². The predicted molar refractivity (Wildman–Crippen MR) is 113 cm³/mol. The summed E-state index contributed by atoms with van der Waals surface area (Å²) in [5, 5.41) is 3.38. The van der Waals surface area contributed by atoms with Crippen LogP contribution in [0.25, 0.3) is 0 Å². The molecule has 4 saturated carbocycles. The second-order valence-electron chi connectivity index (χ2n) is 9.69. The molecule has 5 aliphatic rings. The van der Waals surface area contributed by atoms with Crippen LogP contribution in [-0.4, -0.2) is 35.4 Å². The molecule has 3 nitrogen and oxygen atoms in total. The minimum atomic E-state index is -0.0682. The summed E-state index contributed by atoms with van der Waals surface area (Å²) in [5.41, 5.74) is 3.49. The molecule has 0 radical (unpaired) electrons. The highest BCUT2D eigenvalue weighted by molar-refractivity contribution is 7.99. The Morgan fingerprint density at radius 1 is 1.11 bits per heavy atom. The molecule has 1 heterocycles. The molecule has 1 aromatic carbocycles. The van der Waals surface area contributed by atoms with Gasteiger partial charge in [0.2, 0.25) is 5.91 Å². The molecule has 1 saturated heterocycles. The van der Waals surface area contributed by atoms with Crippen LogP contribution in [0.4, 0.5) is 5.69 Å². The molecule has 6 rings (SSSR count). The third kappa shape index (κ3) is 3.55. The number of carbonyl (C=O) groups excluding carboxylic acids is 1. The van der Waals surface area contributed by atoms with Crippen molar-refractivity contribution in [3.05, 3.63) is 29.3 Å². The molecular formula is C23H32N2OS. The van der Waals surface area contributed by atoms with Gasteiger partial charge in [0.15, 0.2) is 0 Å².